The van der Waals surface area contributed by atoms with Crippen molar-refractivity contribution < 1.29 is 0 Å². The van der Waals surface area contributed by atoms with Gasteiger partial charge < -0.3 is 10.3 Å². The summed E-state index contributed by atoms with van der Waals surface area (Å²) in [5.41, 5.74) is 0.722. The summed E-state index contributed by atoms with van der Waals surface area (Å²) in [4.78, 5) is 18.4. The van der Waals surface area contributed by atoms with Crippen LogP contribution in [0.3, 0.4) is 0 Å². The highest BCUT2D eigenvalue weighted by molar-refractivity contribution is 7.99. The fourth-order valence-electron chi connectivity index (χ4n) is 2.15. The van der Waals surface area contributed by atoms with Crippen molar-refractivity contribution in [2.75, 3.05) is 7.05 Å². The molecule has 1 fully saturated rings. The average molecular weight is 239 g/mol. The fraction of sp³-hybridized carbons (Fsp3) is 0.636. The van der Waals surface area contributed by atoms with E-state index in [9.17, 15) is 4.79 Å². The Labute approximate surface area is 99.3 Å². The molecule has 4 nitrogen and oxygen atoms in total. The zero-order valence-electron chi connectivity index (χ0n) is 9.62. The monoisotopic (exact) mass is 239 g/mol. The van der Waals surface area contributed by atoms with Gasteiger partial charge in [0.25, 0.3) is 5.56 Å². The molecular formula is C11H17N3OS. The Balaban J connectivity index is 2.11. The van der Waals surface area contributed by atoms with Crippen molar-refractivity contribution in [1.82, 2.24) is 15.3 Å². The SMILES string of the molecule is CNC1CCCC1Sc1nc(C)cc(=O)[nH]1. The molecule has 2 atom stereocenters. The molecule has 0 bridgehead atoms. The van der Waals surface area contributed by atoms with Crippen molar-refractivity contribution in [3.05, 3.63) is 22.1 Å². The number of nitrogens with one attached hydrogen (secondary N) is 2. The van der Waals surface area contributed by atoms with Gasteiger partial charge in [-0.3, -0.25) is 4.79 Å². The summed E-state index contributed by atoms with van der Waals surface area (Å²) in [6, 6.07) is 2.06. The van der Waals surface area contributed by atoms with Gasteiger partial charge in [-0.15, -0.1) is 0 Å². The predicted molar refractivity (Wildman–Crippen MR) is 65.9 cm³/mol. The van der Waals surface area contributed by atoms with Gasteiger partial charge in [-0.25, -0.2) is 4.98 Å². The zero-order chi connectivity index (χ0) is 11.5. The van der Waals surface area contributed by atoms with Gasteiger partial charge in [-0.05, 0) is 26.8 Å². The molecular weight excluding hydrogens is 222 g/mol. The van der Waals surface area contributed by atoms with E-state index in [2.05, 4.69) is 15.3 Å². The normalized spacial score (nSPS) is 24.9. The van der Waals surface area contributed by atoms with Crippen molar-refractivity contribution in [3.63, 3.8) is 0 Å². The van der Waals surface area contributed by atoms with E-state index in [1.807, 2.05) is 14.0 Å². The molecule has 2 unspecified atom stereocenters. The number of hydrogen-bond acceptors (Lipinski definition) is 4. The maximum absolute atomic E-state index is 11.3. The van der Waals surface area contributed by atoms with Gasteiger partial charge in [-0.2, -0.15) is 0 Å². The summed E-state index contributed by atoms with van der Waals surface area (Å²) in [6.45, 7) is 1.85. The van der Waals surface area contributed by atoms with E-state index in [1.165, 1.54) is 25.3 Å². The van der Waals surface area contributed by atoms with Crippen LogP contribution in [0.5, 0.6) is 0 Å². The lowest BCUT2D eigenvalue weighted by atomic mass is 10.2. The van der Waals surface area contributed by atoms with Crippen LogP contribution in [-0.2, 0) is 0 Å². The molecule has 1 aliphatic rings. The second-order valence-corrected chi connectivity index (χ2v) is 5.40. The van der Waals surface area contributed by atoms with Gasteiger partial charge >= 0.3 is 0 Å². The first kappa shape index (κ1) is 11.7. The predicted octanol–water partition coefficient (Wildman–Crippen LogP) is 1.31. The second-order valence-electron chi connectivity index (χ2n) is 4.17. The standard InChI is InChI=1S/C11H17N3OS/c1-7-6-10(15)14-11(13-7)16-9-5-3-4-8(9)12-2/h6,8-9,12H,3-5H2,1-2H3,(H,13,14,15). The Morgan fingerprint density at radius 1 is 1.56 bits per heavy atom. The van der Waals surface area contributed by atoms with Crippen LogP contribution >= 0.6 is 11.8 Å². The quantitative estimate of drug-likeness (QED) is 0.781. The number of H-pyrrole nitrogens is 1. The summed E-state index contributed by atoms with van der Waals surface area (Å²) in [6.07, 6.45) is 3.65. The van der Waals surface area contributed by atoms with Gasteiger partial charge in [0, 0.05) is 23.1 Å². The molecule has 88 valence electrons. The summed E-state index contributed by atoms with van der Waals surface area (Å²) < 4.78 is 0. The molecule has 0 amide bonds. The molecule has 0 aliphatic heterocycles. The minimum Gasteiger partial charge on any atom is -0.316 e. The Morgan fingerprint density at radius 2 is 2.38 bits per heavy atom. The Morgan fingerprint density at radius 3 is 3.06 bits per heavy atom. The lowest BCUT2D eigenvalue weighted by Crippen LogP contribution is -2.31. The first-order valence-corrected chi connectivity index (χ1v) is 6.49. The van der Waals surface area contributed by atoms with Crippen LogP contribution in [0.1, 0.15) is 25.0 Å². The number of aryl methyl sites for hydroxylation is 1. The third-order valence-electron chi connectivity index (χ3n) is 2.93. The Bertz CT molecular complexity index is 418. The van der Waals surface area contributed by atoms with Crippen molar-refractivity contribution in [1.29, 1.82) is 0 Å². The summed E-state index contributed by atoms with van der Waals surface area (Å²) >= 11 is 1.68. The van der Waals surface area contributed by atoms with Crippen molar-refractivity contribution in [2.24, 2.45) is 0 Å². The highest BCUT2D eigenvalue weighted by atomic mass is 32.2. The lowest BCUT2D eigenvalue weighted by Gasteiger charge is -2.17. The molecule has 0 aromatic carbocycles. The van der Waals surface area contributed by atoms with E-state index in [0.717, 1.165) is 10.9 Å². The van der Waals surface area contributed by atoms with E-state index in [1.54, 1.807) is 11.8 Å². The van der Waals surface area contributed by atoms with Gasteiger partial charge in [0.2, 0.25) is 0 Å². The topological polar surface area (TPSA) is 57.8 Å². The summed E-state index contributed by atoms with van der Waals surface area (Å²) in [5.74, 6) is 0. The van der Waals surface area contributed by atoms with Crippen LogP contribution in [0, 0.1) is 6.92 Å². The van der Waals surface area contributed by atoms with Crippen LogP contribution in [0.2, 0.25) is 0 Å². The van der Waals surface area contributed by atoms with Crippen molar-refractivity contribution in [3.8, 4) is 0 Å². The lowest BCUT2D eigenvalue weighted by molar-refractivity contribution is 0.590. The number of aromatic nitrogens is 2. The second kappa shape index (κ2) is 5.01. The fourth-order valence-corrected chi connectivity index (χ4v) is 3.51. The maximum Gasteiger partial charge on any atom is 0.251 e. The van der Waals surface area contributed by atoms with Gasteiger partial charge in [0.05, 0.1) is 0 Å². The van der Waals surface area contributed by atoms with Crippen molar-refractivity contribution in [2.45, 2.75) is 42.6 Å². The van der Waals surface area contributed by atoms with E-state index in [-0.39, 0.29) is 5.56 Å². The van der Waals surface area contributed by atoms with Crippen LogP contribution in [0.4, 0.5) is 0 Å². The van der Waals surface area contributed by atoms with Crippen LogP contribution < -0.4 is 10.9 Å². The van der Waals surface area contributed by atoms with Gasteiger partial charge in [0.1, 0.15) is 0 Å². The Hall–Kier alpha value is -0.810. The molecule has 0 spiro atoms. The van der Waals surface area contributed by atoms with E-state index in [4.69, 9.17) is 0 Å². The minimum absolute atomic E-state index is 0.0611. The van der Waals surface area contributed by atoms with Crippen molar-refractivity contribution >= 4 is 11.8 Å². The Kier molecular flexibility index (Phi) is 3.66. The largest absolute Gasteiger partial charge is 0.316 e. The average Bonchev–Trinajstić information content (AvgIpc) is 2.63. The van der Waals surface area contributed by atoms with Gasteiger partial charge in [0.15, 0.2) is 5.16 Å². The van der Waals surface area contributed by atoms with E-state index in [0.29, 0.717) is 11.3 Å². The molecule has 5 heteroatoms. The number of aromatic amines is 1. The number of nitrogens with zero attached hydrogens (tertiary/aromatic N) is 1. The third-order valence-corrected chi connectivity index (χ3v) is 4.22. The highest BCUT2D eigenvalue weighted by Crippen LogP contribution is 2.32. The third kappa shape index (κ3) is 2.65. The molecule has 1 saturated carbocycles. The first-order chi connectivity index (χ1) is 7.69. The molecule has 1 aromatic heterocycles. The number of thioether (sulfide) groups is 1. The van der Waals surface area contributed by atoms with Crippen LogP contribution in [0.25, 0.3) is 0 Å². The highest BCUT2D eigenvalue weighted by Gasteiger charge is 2.27. The molecule has 0 radical (unpaired) electrons. The molecule has 1 heterocycles. The van der Waals surface area contributed by atoms with Crippen LogP contribution in [-0.4, -0.2) is 28.3 Å². The molecule has 16 heavy (non-hydrogen) atoms. The molecule has 0 saturated heterocycles. The smallest absolute Gasteiger partial charge is 0.251 e. The maximum atomic E-state index is 11.3. The van der Waals surface area contributed by atoms with E-state index >= 15 is 0 Å². The van der Waals surface area contributed by atoms with Gasteiger partial charge in [-0.1, -0.05) is 18.2 Å². The minimum atomic E-state index is -0.0611. The zero-order valence-corrected chi connectivity index (χ0v) is 10.4. The molecule has 2 rings (SSSR count). The number of hydrogen-bond donors (Lipinski definition) is 2. The molecule has 2 N–H and O–H groups in total. The first-order valence-electron chi connectivity index (χ1n) is 5.61. The van der Waals surface area contributed by atoms with Crippen LogP contribution in [0.15, 0.2) is 16.0 Å². The number of rotatable bonds is 3. The summed E-state index contributed by atoms with van der Waals surface area (Å²) in [7, 11) is 2.00. The molecule has 1 aromatic rings. The molecule has 1 aliphatic carbocycles. The van der Waals surface area contributed by atoms with E-state index < -0.39 is 0 Å². The summed E-state index contributed by atoms with van der Waals surface area (Å²) in [5, 5.41) is 4.59.